The zero-order valence-corrected chi connectivity index (χ0v) is 12.3. The number of carbonyl (C=O) groups excluding carboxylic acids is 2. The Morgan fingerprint density at radius 3 is 2.48 bits per heavy atom. The van der Waals surface area contributed by atoms with Crippen LogP contribution in [0.5, 0.6) is 0 Å². The smallest absolute Gasteiger partial charge is 0.337 e. The summed E-state index contributed by atoms with van der Waals surface area (Å²) in [6.07, 6.45) is 0. The van der Waals surface area contributed by atoms with Crippen LogP contribution in [0, 0.1) is 6.92 Å². The average Bonchev–Trinajstić information content (AvgIpc) is 2.45. The van der Waals surface area contributed by atoms with Crippen molar-refractivity contribution >= 4 is 17.6 Å². The van der Waals surface area contributed by atoms with E-state index in [1.807, 2.05) is 37.3 Å². The predicted molar refractivity (Wildman–Crippen MR) is 82.3 cm³/mol. The maximum absolute atomic E-state index is 11.5. The van der Waals surface area contributed by atoms with Gasteiger partial charge in [0.2, 0.25) is 5.91 Å². The van der Waals surface area contributed by atoms with Crippen molar-refractivity contribution in [1.29, 1.82) is 0 Å². The number of methoxy groups -OCH3 is 1. The van der Waals surface area contributed by atoms with Crippen LogP contribution in [0.1, 0.15) is 22.8 Å². The zero-order chi connectivity index (χ0) is 15.4. The fourth-order valence-electron chi connectivity index (χ4n) is 2.20. The van der Waals surface area contributed by atoms with Gasteiger partial charge in [-0.2, -0.15) is 0 Å². The van der Waals surface area contributed by atoms with Crippen molar-refractivity contribution < 1.29 is 14.3 Å². The molecule has 0 saturated carbocycles. The minimum absolute atomic E-state index is 0.107. The molecule has 1 N–H and O–H groups in total. The topological polar surface area (TPSA) is 55.4 Å². The van der Waals surface area contributed by atoms with Crippen molar-refractivity contribution in [2.75, 3.05) is 12.4 Å². The second kappa shape index (κ2) is 6.22. The number of aryl methyl sites for hydroxylation is 1. The van der Waals surface area contributed by atoms with Crippen LogP contribution in [0.4, 0.5) is 5.69 Å². The molecule has 21 heavy (non-hydrogen) atoms. The summed E-state index contributed by atoms with van der Waals surface area (Å²) in [7, 11) is 1.36. The van der Waals surface area contributed by atoms with E-state index in [-0.39, 0.29) is 11.9 Å². The lowest BCUT2D eigenvalue weighted by Gasteiger charge is -2.10. The number of anilines is 1. The fraction of sp³-hybridized carbons (Fsp3) is 0.176. The lowest BCUT2D eigenvalue weighted by Crippen LogP contribution is -2.05. The lowest BCUT2D eigenvalue weighted by molar-refractivity contribution is -0.114. The van der Waals surface area contributed by atoms with E-state index < -0.39 is 0 Å². The van der Waals surface area contributed by atoms with Gasteiger partial charge in [0.15, 0.2) is 0 Å². The second-order valence-electron chi connectivity index (χ2n) is 4.78. The van der Waals surface area contributed by atoms with Gasteiger partial charge >= 0.3 is 5.97 Å². The van der Waals surface area contributed by atoms with Crippen molar-refractivity contribution in [2.24, 2.45) is 0 Å². The molecule has 0 radical (unpaired) electrons. The summed E-state index contributed by atoms with van der Waals surface area (Å²) in [5.74, 6) is -0.457. The van der Waals surface area contributed by atoms with Crippen LogP contribution in [-0.4, -0.2) is 19.0 Å². The highest BCUT2D eigenvalue weighted by molar-refractivity contribution is 5.91. The number of benzene rings is 2. The molecule has 0 atom stereocenters. The van der Waals surface area contributed by atoms with E-state index in [0.29, 0.717) is 5.56 Å². The molecule has 0 bridgehead atoms. The predicted octanol–water partition coefficient (Wildman–Crippen LogP) is 3.41. The number of nitrogens with one attached hydrogen (secondary N) is 1. The summed E-state index contributed by atoms with van der Waals surface area (Å²) in [6.45, 7) is 3.41. The number of carbonyl (C=O) groups is 2. The van der Waals surface area contributed by atoms with Crippen molar-refractivity contribution in [3.8, 4) is 11.1 Å². The van der Waals surface area contributed by atoms with Crippen LogP contribution in [0.3, 0.4) is 0 Å². The maximum Gasteiger partial charge on any atom is 0.337 e. The van der Waals surface area contributed by atoms with Gasteiger partial charge in [0.05, 0.1) is 12.7 Å². The molecule has 4 heteroatoms. The molecule has 0 aliphatic rings. The normalized spacial score (nSPS) is 10.0. The number of hydrogen-bond acceptors (Lipinski definition) is 3. The van der Waals surface area contributed by atoms with Crippen LogP contribution in [0.25, 0.3) is 11.1 Å². The van der Waals surface area contributed by atoms with Crippen LogP contribution in [0.15, 0.2) is 42.5 Å². The molecule has 0 spiro atoms. The summed E-state index contributed by atoms with van der Waals surface area (Å²) in [5, 5.41) is 2.76. The summed E-state index contributed by atoms with van der Waals surface area (Å²) in [4.78, 5) is 22.6. The van der Waals surface area contributed by atoms with E-state index in [4.69, 9.17) is 4.74 Å². The number of esters is 1. The van der Waals surface area contributed by atoms with Crippen LogP contribution in [0.2, 0.25) is 0 Å². The Morgan fingerprint density at radius 2 is 1.86 bits per heavy atom. The molecule has 2 aromatic rings. The first-order chi connectivity index (χ1) is 10.0. The third kappa shape index (κ3) is 3.48. The van der Waals surface area contributed by atoms with Crippen molar-refractivity contribution in [3.05, 3.63) is 53.6 Å². The summed E-state index contributed by atoms with van der Waals surface area (Å²) in [5.41, 5.74) is 4.23. The van der Waals surface area contributed by atoms with Gasteiger partial charge in [0.1, 0.15) is 0 Å². The molecule has 0 aromatic heterocycles. The SMILES string of the molecule is COC(=O)c1ccc(-c2cccc(NC(C)=O)c2)c(C)c1. The molecule has 1 amide bonds. The van der Waals surface area contributed by atoms with Crippen LogP contribution in [-0.2, 0) is 9.53 Å². The molecular weight excluding hydrogens is 266 g/mol. The van der Waals surface area contributed by atoms with Crippen molar-refractivity contribution in [1.82, 2.24) is 0 Å². The molecule has 0 fully saturated rings. The summed E-state index contributed by atoms with van der Waals surface area (Å²) < 4.78 is 4.71. The molecule has 2 aromatic carbocycles. The molecule has 2 rings (SSSR count). The van der Waals surface area contributed by atoms with E-state index in [2.05, 4.69) is 5.32 Å². The molecule has 108 valence electrons. The molecular formula is C17H17NO3. The van der Waals surface area contributed by atoms with Gasteiger partial charge < -0.3 is 10.1 Å². The minimum atomic E-state index is -0.350. The fourth-order valence-corrected chi connectivity index (χ4v) is 2.20. The standard InChI is InChI=1S/C17H17NO3/c1-11-9-14(17(20)21-3)7-8-16(11)13-5-4-6-15(10-13)18-12(2)19/h4-10H,1-3H3,(H,18,19). The molecule has 0 aliphatic carbocycles. The van der Waals surface area contributed by atoms with Gasteiger partial charge in [-0.25, -0.2) is 4.79 Å². The van der Waals surface area contributed by atoms with Crippen molar-refractivity contribution in [3.63, 3.8) is 0 Å². The van der Waals surface area contributed by atoms with Gasteiger partial charge in [0.25, 0.3) is 0 Å². The monoisotopic (exact) mass is 283 g/mol. The zero-order valence-electron chi connectivity index (χ0n) is 12.3. The quantitative estimate of drug-likeness (QED) is 0.878. The van der Waals surface area contributed by atoms with E-state index in [1.54, 1.807) is 12.1 Å². The third-order valence-corrected chi connectivity index (χ3v) is 3.14. The number of ether oxygens (including phenoxy) is 1. The van der Waals surface area contributed by atoms with Gasteiger partial charge in [-0.05, 0) is 47.9 Å². The van der Waals surface area contributed by atoms with Gasteiger partial charge in [-0.1, -0.05) is 18.2 Å². The average molecular weight is 283 g/mol. The maximum atomic E-state index is 11.5. The highest BCUT2D eigenvalue weighted by Crippen LogP contribution is 2.26. The first-order valence-corrected chi connectivity index (χ1v) is 6.58. The number of amides is 1. The Bertz CT molecular complexity index is 692. The first kappa shape index (κ1) is 14.8. The van der Waals surface area contributed by atoms with E-state index in [1.165, 1.54) is 14.0 Å². The Hall–Kier alpha value is -2.62. The van der Waals surface area contributed by atoms with Crippen LogP contribution >= 0.6 is 0 Å². The number of hydrogen-bond donors (Lipinski definition) is 1. The van der Waals surface area contributed by atoms with Crippen molar-refractivity contribution in [2.45, 2.75) is 13.8 Å². The Morgan fingerprint density at radius 1 is 1.10 bits per heavy atom. The first-order valence-electron chi connectivity index (χ1n) is 6.58. The van der Waals surface area contributed by atoms with E-state index >= 15 is 0 Å². The largest absolute Gasteiger partial charge is 0.465 e. The third-order valence-electron chi connectivity index (χ3n) is 3.14. The number of rotatable bonds is 3. The van der Waals surface area contributed by atoms with E-state index in [9.17, 15) is 9.59 Å². The molecule has 4 nitrogen and oxygen atoms in total. The Labute approximate surface area is 123 Å². The van der Waals surface area contributed by atoms with Gasteiger partial charge in [-0.3, -0.25) is 4.79 Å². The Kier molecular flexibility index (Phi) is 4.38. The highest BCUT2D eigenvalue weighted by Gasteiger charge is 2.09. The lowest BCUT2D eigenvalue weighted by atomic mass is 9.98. The molecule has 0 aliphatic heterocycles. The second-order valence-corrected chi connectivity index (χ2v) is 4.78. The summed E-state index contributed by atoms with van der Waals surface area (Å²) >= 11 is 0. The Balaban J connectivity index is 2.38. The minimum Gasteiger partial charge on any atom is -0.465 e. The van der Waals surface area contributed by atoms with Gasteiger partial charge in [-0.15, -0.1) is 0 Å². The molecule has 0 unspecified atom stereocenters. The van der Waals surface area contributed by atoms with E-state index in [0.717, 1.165) is 22.4 Å². The molecule has 0 heterocycles. The molecule has 0 saturated heterocycles. The van der Waals surface area contributed by atoms with Gasteiger partial charge in [0, 0.05) is 12.6 Å². The summed E-state index contributed by atoms with van der Waals surface area (Å²) in [6, 6.07) is 13.0. The van der Waals surface area contributed by atoms with Crippen LogP contribution < -0.4 is 5.32 Å². The highest BCUT2D eigenvalue weighted by atomic mass is 16.5.